The highest BCUT2D eigenvalue weighted by Gasteiger charge is 2.29. The van der Waals surface area contributed by atoms with Crippen molar-refractivity contribution in [2.75, 3.05) is 12.8 Å². The van der Waals surface area contributed by atoms with Crippen molar-refractivity contribution >= 4 is 23.6 Å². The zero-order valence-electron chi connectivity index (χ0n) is 12.2. The van der Waals surface area contributed by atoms with E-state index < -0.39 is 5.97 Å². The number of hydrogen-bond donors (Lipinski definition) is 1. The number of nitrogens with zero attached hydrogens (tertiary/aromatic N) is 1. The van der Waals surface area contributed by atoms with Gasteiger partial charge in [0.05, 0.1) is 5.75 Å². The molecule has 1 N–H and O–H groups in total. The van der Waals surface area contributed by atoms with Crippen molar-refractivity contribution in [2.24, 2.45) is 0 Å². The van der Waals surface area contributed by atoms with Crippen LogP contribution in [-0.2, 0) is 10.5 Å². The number of carboxylic acids is 1. The molecule has 21 heavy (non-hydrogen) atoms. The van der Waals surface area contributed by atoms with Gasteiger partial charge >= 0.3 is 5.97 Å². The number of aliphatic carboxylic acids is 1. The molecule has 1 amide bonds. The van der Waals surface area contributed by atoms with E-state index in [2.05, 4.69) is 0 Å². The van der Waals surface area contributed by atoms with Crippen LogP contribution in [0.3, 0.4) is 0 Å². The van der Waals surface area contributed by atoms with Gasteiger partial charge in [0.25, 0.3) is 5.91 Å². The zero-order chi connectivity index (χ0) is 15.2. The molecule has 1 aromatic heterocycles. The average molecular weight is 311 g/mol. The molecule has 0 radical (unpaired) electrons. The maximum atomic E-state index is 12.6. The summed E-state index contributed by atoms with van der Waals surface area (Å²) in [5, 5.41) is 8.82. The number of piperidine rings is 1. The Hall–Kier alpha value is -1.43. The lowest BCUT2D eigenvalue weighted by Gasteiger charge is -2.35. The van der Waals surface area contributed by atoms with E-state index in [4.69, 9.17) is 9.52 Å². The van der Waals surface area contributed by atoms with Crippen LogP contribution in [0.4, 0.5) is 0 Å². The summed E-state index contributed by atoms with van der Waals surface area (Å²) in [6.07, 6.45) is 5.48. The number of carbonyl (C=O) groups is 2. The van der Waals surface area contributed by atoms with Crippen molar-refractivity contribution in [2.45, 2.75) is 43.9 Å². The molecule has 5 nitrogen and oxygen atoms in total. The molecule has 0 saturated carbocycles. The first-order valence-electron chi connectivity index (χ1n) is 7.22. The van der Waals surface area contributed by atoms with Crippen molar-refractivity contribution in [1.29, 1.82) is 0 Å². The van der Waals surface area contributed by atoms with Gasteiger partial charge < -0.3 is 14.4 Å². The molecule has 6 heteroatoms. The van der Waals surface area contributed by atoms with Gasteiger partial charge in [-0.3, -0.25) is 9.59 Å². The van der Waals surface area contributed by atoms with E-state index in [1.807, 2.05) is 12.3 Å². The SMILES string of the molecule is CSCc1ccc(C(=O)N2CCCCC2CCC(=O)O)o1. The number of likely N-dealkylation sites (tertiary alicyclic amines) is 1. The summed E-state index contributed by atoms with van der Waals surface area (Å²) in [7, 11) is 0. The number of amides is 1. The molecular formula is C15H21NO4S. The van der Waals surface area contributed by atoms with Crippen LogP contribution in [0.15, 0.2) is 16.5 Å². The van der Waals surface area contributed by atoms with Gasteiger partial charge in [-0.15, -0.1) is 0 Å². The molecule has 0 bridgehead atoms. The average Bonchev–Trinajstić information content (AvgIpc) is 2.94. The third-order valence-electron chi connectivity index (χ3n) is 3.74. The number of hydrogen-bond acceptors (Lipinski definition) is 4. The van der Waals surface area contributed by atoms with Crippen LogP contribution in [0.1, 0.15) is 48.4 Å². The molecule has 0 spiro atoms. The fourth-order valence-electron chi connectivity index (χ4n) is 2.71. The van der Waals surface area contributed by atoms with E-state index in [0.717, 1.165) is 30.8 Å². The van der Waals surface area contributed by atoms with Crippen LogP contribution in [0.5, 0.6) is 0 Å². The van der Waals surface area contributed by atoms with Crippen molar-refractivity contribution < 1.29 is 19.1 Å². The Morgan fingerprint density at radius 1 is 1.43 bits per heavy atom. The van der Waals surface area contributed by atoms with Gasteiger partial charge in [0, 0.05) is 19.0 Å². The molecule has 1 aliphatic heterocycles. The Kier molecular flexibility index (Phi) is 5.73. The molecule has 2 rings (SSSR count). The zero-order valence-corrected chi connectivity index (χ0v) is 13.0. The third-order valence-corrected chi connectivity index (χ3v) is 4.31. The van der Waals surface area contributed by atoms with Crippen LogP contribution < -0.4 is 0 Å². The quantitative estimate of drug-likeness (QED) is 0.874. The molecule has 1 aromatic rings. The van der Waals surface area contributed by atoms with Gasteiger partial charge in [0.15, 0.2) is 5.76 Å². The van der Waals surface area contributed by atoms with Crippen molar-refractivity contribution in [1.82, 2.24) is 4.90 Å². The highest BCUT2D eigenvalue weighted by atomic mass is 32.2. The second-order valence-corrected chi connectivity index (χ2v) is 6.15. The largest absolute Gasteiger partial charge is 0.481 e. The summed E-state index contributed by atoms with van der Waals surface area (Å²) in [6, 6.07) is 3.56. The maximum absolute atomic E-state index is 12.6. The minimum atomic E-state index is -0.812. The smallest absolute Gasteiger partial charge is 0.303 e. The highest BCUT2D eigenvalue weighted by molar-refractivity contribution is 7.97. The van der Waals surface area contributed by atoms with E-state index >= 15 is 0 Å². The minimum Gasteiger partial charge on any atom is -0.481 e. The first kappa shape index (κ1) is 15.9. The number of carbonyl (C=O) groups excluding carboxylic acids is 1. The summed E-state index contributed by atoms with van der Waals surface area (Å²) in [5.41, 5.74) is 0. The predicted molar refractivity (Wildman–Crippen MR) is 81.5 cm³/mol. The first-order chi connectivity index (χ1) is 10.1. The van der Waals surface area contributed by atoms with Gasteiger partial charge in [-0.25, -0.2) is 0 Å². The van der Waals surface area contributed by atoms with Crippen LogP contribution >= 0.6 is 11.8 Å². The third kappa shape index (κ3) is 4.27. The summed E-state index contributed by atoms with van der Waals surface area (Å²) in [6.45, 7) is 0.682. The first-order valence-corrected chi connectivity index (χ1v) is 8.61. The molecule has 1 unspecified atom stereocenters. The lowest BCUT2D eigenvalue weighted by atomic mass is 9.97. The van der Waals surface area contributed by atoms with Gasteiger partial charge in [-0.05, 0) is 44.1 Å². The van der Waals surface area contributed by atoms with Gasteiger partial charge in [-0.1, -0.05) is 0 Å². The number of thioether (sulfide) groups is 1. The summed E-state index contributed by atoms with van der Waals surface area (Å²) < 4.78 is 5.58. The van der Waals surface area contributed by atoms with E-state index in [0.29, 0.717) is 18.7 Å². The molecular weight excluding hydrogens is 290 g/mol. The topological polar surface area (TPSA) is 70.8 Å². The van der Waals surface area contributed by atoms with Gasteiger partial charge in [-0.2, -0.15) is 11.8 Å². The van der Waals surface area contributed by atoms with E-state index in [9.17, 15) is 9.59 Å². The Bertz CT molecular complexity index is 500. The van der Waals surface area contributed by atoms with E-state index in [1.54, 1.807) is 22.7 Å². The van der Waals surface area contributed by atoms with E-state index in [1.165, 1.54) is 0 Å². The molecule has 1 saturated heterocycles. The van der Waals surface area contributed by atoms with Crippen molar-refractivity contribution in [3.63, 3.8) is 0 Å². The maximum Gasteiger partial charge on any atom is 0.303 e. The Balaban J connectivity index is 2.04. The fourth-order valence-corrected chi connectivity index (χ4v) is 3.15. The lowest BCUT2D eigenvalue weighted by molar-refractivity contribution is -0.137. The Morgan fingerprint density at radius 3 is 2.95 bits per heavy atom. The fraction of sp³-hybridized carbons (Fsp3) is 0.600. The Labute approximate surface area is 128 Å². The second-order valence-electron chi connectivity index (χ2n) is 5.28. The minimum absolute atomic E-state index is 0.0106. The monoisotopic (exact) mass is 311 g/mol. The van der Waals surface area contributed by atoms with E-state index in [-0.39, 0.29) is 18.4 Å². The Morgan fingerprint density at radius 2 is 2.24 bits per heavy atom. The molecule has 1 fully saturated rings. The summed E-state index contributed by atoms with van der Waals surface area (Å²) in [5.74, 6) is 0.979. The number of furan rings is 1. The molecule has 116 valence electrons. The van der Waals surface area contributed by atoms with Crippen LogP contribution in [0.2, 0.25) is 0 Å². The van der Waals surface area contributed by atoms with Crippen LogP contribution in [-0.4, -0.2) is 40.7 Å². The molecule has 2 heterocycles. The van der Waals surface area contributed by atoms with Crippen molar-refractivity contribution in [3.05, 3.63) is 23.7 Å². The summed E-state index contributed by atoms with van der Waals surface area (Å²) in [4.78, 5) is 25.1. The predicted octanol–water partition coefficient (Wildman–Crippen LogP) is 3.00. The standard InChI is InChI=1S/C15H21NO4S/c1-21-10-12-6-7-13(20-12)15(19)16-9-3-2-4-11(16)5-8-14(17)18/h6-7,11H,2-5,8-10H2,1H3,(H,17,18). The highest BCUT2D eigenvalue weighted by Crippen LogP contribution is 2.24. The molecule has 1 atom stereocenters. The lowest BCUT2D eigenvalue weighted by Crippen LogP contribution is -2.43. The molecule has 0 aliphatic carbocycles. The normalized spacial score (nSPS) is 18.7. The summed E-state index contributed by atoms with van der Waals surface area (Å²) >= 11 is 1.64. The van der Waals surface area contributed by atoms with Crippen LogP contribution in [0.25, 0.3) is 0 Å². The number of rotatable bonds is 6. The number of carboxylic acid groups (broad SMARTS) is 1. The van der Waals surface area contributed by atoms with Crippen LogP contribution in [0, 0.1) is 0 Å². The molecule has 0 aromatic carbocycles. The van der Waals surface area contributed by atoms with Crippen molar-refractivity contribution in [3.8, 4) is 0 Å². The molecule has 1 aliphatic rings. The van der Waals surface area contributed by atoms with Gasteiger partial charge in [0.2, 0.25) is 0 Å². The second kappa shape index (κ2) is 7.54. The van der Waals surface area contributed by atoms with Gasteiger partial charge in [0.1, 0.15) is 5.76 Å².